The molecule has 0 spiro atoms. The maximum absolute atomic E-state index is 11.5. The maximum Gasteiger partial charge on any atom is 0.235 e. The van der Waals surface area contributed by atoms with Crippen LogP contribution in [0.4, 0.5) is 5.82 Å². The van der Waals surface area contributed by atoms with Crippen LogP contribution >= 0.6 is 11.8 Å². The van der Waals surface area contributed by atoms with Gasteiger partial charge in [0, 0.05) is 17.4 Å². The van der Waals surface area contributed by atoms with Gasteiger partial charge >= 0.3 is 0 Å². The fourth-order valence-electron chi connectivity index (χ4n) is 1.01. The number of aryl methyl sites for hydroxylation is 1. The molecule has 0 aliphatic rings. The van der Waals surface area contributed by atoms with E-state index in [1.807, 2.05) is 13.8 Å². The van der Waals surface area contributed by atoms with E-state index in [2.05, 4.69) is 10.5 Å². The van der Waals surface area contributed by atoms with Crippen molar-refractivity contribution in [1.29, 1.82) is 0 Å². The molecule has 16 heavy (non-hydrogen) atoms. The first-order valence-corrected chi connectivity index (χ1v) is 6.12. The van der Waals surface area contributed by atoms with Crippen LogP contribution in [0.25, 0.3) is 0 Å². The van der Waals surface area contributed by atoms with Crippen molar-refractivity contribution in [1.82, 2.24) is 5.16 Å². The monoisotopic (exact) mass is 243 g/mol. The van der Waals surface area contributed by atoms with E-state index in [1.54, 1.807) is 13.0 Å². The number of carbonyl (C=O) groups excluding carboxylic acids is 1. The SMILES string of the molecule is Cc1cc(NC(=O)CSCC(C)(C)N)no1. The molecule has 1 amide bonds. The zero-order valence-electron chi connectivity index (χ0n) is 9.74. The van der Waals surface area contributed by atoms with Crippen molar-refractivity contribution in [3.63, 3.8) is 0 Å². The first-order chi connectivity index (χ1) is 7.37. The third kappa shape index (κ3) is 5.18. The van der Waals surface area contributed by atoms with Crippen LogP contribution < -0.4 is 11.1 Å². The number of nitrogens with zero attached hydrogens (tertiary/aromatic N) is 1. The lowest BCUT2D eigenvalue weighted by Gasteiger charge is -2.16. The second-order valence-corrected chi connectivity index (χ2v) is 5.34. The first kappa shape index (κ1) is 13.1. The molecule has 0 fully saturated rings. The van der Waals surface area contributed by atoms with E-state index in [1.165, 1.54) is 11.8 Å². The molecule has 5 nitrogen and oxygen atoms in total. The molecule has 1 aromatic heterocycles. The zero-order valence-corrected chi connectivity index (χ0v) is 10.6. The Kier molecular flexibility index (Phi) is 4.37. The molecule has 1 rings (SSSR count). The Morgan fingerprint density at radius 2 is 2.38 bits per heavy atom. The normalized spacial score (nSPS) is 11.5. The molecule has 0 aliphatic carbocycles. The van der Waals surface area contributed by atoms with Gasteiger partial charge in [-0.3, -0.25) is 4.79 Å². The van der Waals surface area contributed by atoms with Gasteiger partial charge in [-0.25, -0.2) is 0 Å². The molecule has 6 heteroatoms. The number of rotatable bonds is 5. The zero-order chi connectivity index (χ0) is 12.2. The van der Waals surface area contributed by atoms with E-state index in [-0.39, 0.29) is 11.4 Å². The third-order valence-corrected chi connectivity index (χ3v) is 3.02. The standard InChI is InChI=1S/C10H17N3O2S/c1-7-4-8(13-15-7)12-9(14)5-16-6-10(2,3)11/h4H,5-6,11H2,1-3H3,(H,12,13,14). The summed E-state index contributed by atoms with van der Waals surface area (Å²) in [5.74, 6) is 2.13. The average molecular weight is 243 g/mol. The summed E-state index contributed by atoms with van der Waals surface area (Å²) in [6.07, 6.45) is 0. The molecule has 0 aromatic carbocycles. The minimum absolute atomic E-state index is 0.0949. The second-order valence-electron chi connectivity index (χ2n) is 4.35. The van der Waals surface area contributed by atoms with Gasteiger partial charge in [-0.15, -0.1) is 0 Å². The Bertz CT molecular complexity index is 357. The summed E-state index contributed by atoms with van der Waals surface area (Å²) in [4.78, 5) is 11.5. The molecule has 1 heterocycles. The molecular weight excluding hydrogens is 226 g/mol. The van der Waals surface area contributed by atoms with Gasteiger partial charge in [0.2, 0.25) is 5.91 Å². The van der Waals surface area contributed by atoms with Gasteiger partial charge in [-0.1, -0.05) is 5.16 Å². The molecular formula is C10H17N3O2S. The van der Waals surface area contributed by atoms with E-state index >= 15 is 0 Å². The summed E-state index contributed by atoms with van der Waals surface area (Å²) in [6, 6.07) is 1.68. The topological polar surface area (TPSA) is 81.2 Å². The van der Waals surface area contributed by atoms with Gasteiger partial charge < -0.3 is 15.6 Å². The highest BCUT2D eigenvalue weighted by molar-refractivity contribution is 8.00. The van der Waals surface area contributed by atoms with Crippen LogP contribution in [-0.2, 0) is 4.79 Å². The maximum atomic E-state index is 11.5. The highest BCUT2D eigenvalue weighted by Gasteiger charge is 2.12. The minimum Gasteiger partial charge on any atom is -0.360 e. The van der Waals surface area contributed by atoms with Crippen molar-refractivity contribution >= 4 is 23.5 Å². The number of hydrogen-bond donors (Lipinski definition) is 2. The third-order valence-electron chi connectivity index (χ3n) is 1.60. The van der Waals surface area contributed by atoms with E-state index in [4.69, 9.17) is 10.3 Å². The highest BCUT2D eigenvalue weighted by Crippen LogP contribution is 2.11. The van der Waals surface area contributed by atoms with E-state index in [0.717, 1.165) is 5.75 Å². The quantitative estimate of drug-likeness (QED) is 0.816. The second kappa shape index (κ2) is 5.36. The minimum atomic E-state index is -0.255. The number of nitrogens with one attached hydrogen (secondary N) is 1. The van der Waals surface area contributed by atoms with Crippen LogP contribution in [0.3, 0.4) is 0 Å². The van der Waals surface area contributed by atoms with Gasteiger partial charge in [-0.05, 0) is 20.8 Å². The summed E-state index contributed by atoms with van der Waals surface area (Å²) < 4.78 is 4.83. The van der Waals surface area contributed by atoms with Crippen LogP contribution in [0, 0.1) is 6.92 Å². The first-order valence-electron chi connectivity index (χ1n) is 4.96. The molecule has 0 radical (unpaired) electrons. The molecule has 0 saturated carbocycles. The number of aromatic nitrogens is 1. The Hall–Kier alpha value is -1.01. The van der Waals surface area contributed by atoms with E-state index in [0.29, 0.717) is 17.3 Å². The van der Waals surface area contributed by atoms with Crippen LogP contribution in [-0.4, -0.2) is 28.1 Å². The fourth-order valence-corrected chi connectivity index (χ4v) is 1.90. The lowest BCUT2D eigenvalue weighted by Crippen LogP contribution is -2.35. The number of thioether (sulfide) groups is 1. The van der Waals surface area contributed by atoms with Crippen LogP contribution in [0.5, 0.6) is 0 Å². The number of anilines is 1. The molecule has 90 valence electrons. The average Bonchev–Trinajstić information content (AvgIpc) is 2.48. The van der Waals surface area contributed by atoms with Gasteiger partial charge in [0.25, 0.3) is 0 Å². The van der Waals surface area contributed by atoms with Gasteiger partial charge in [0.15, 0.2) is 5.82 Å². The molecule has 0 atom stereocenters. The highest BCUT2D eigenvalue weighted by atomic mass is 32.2. The van der Waals surface area contributed by atoms with Crippen molar-refractivity contribution in [3.05, 3.63) is 11.8 Å². The summed E-state index contributed by atoms with van der Waals surface area (Å²) in [7, 11) is 0. The molecule has 3 N–H and O–H groups in total. The van der Waals surface area contributed by atoms with Gasteiger partial charge in [-0.2, -0.15) is 11.8 Å². The number of carbonyl (C=O) groups is 1. The number of amides is 1. The molecule has 1 aromatic rings. The van der Waals surface area contributed by atoms with Crippen molar-refractivity contribution < 1.29 is 9.32 Å². The lowest BCUT2D eigenvalue weighted by atomic mass is 10.1. The predicted octanol–water partition coefficient (Wildman–Crippen LogP) is 1.39. The fraction of sp³-hybridized carbons (Fsp3) is 0.600. The van der Waals surface area contributed by atoms with E-state index in [9.17, 15) is 4.79 Å². The summed E-state index contributed by atoms with van der Waals surface area (Å²) in [5.41, 5.74) is 5.54. The summed E-state index contributed by atoms with van der Waals surface area (Å²) in [5, 5.41) is 6.32. The van der Waals surface area contributed by atoms with Crippen molar-refractivity contribution in [3.8, 4) is 0 Å². The van der Waals surface area contributed by atoms with Crippen molar-refractivity contribution in [2.24, 2.45) is 5.73 Å². The predicted molar refractivity (Wildman–Crippen MR) is 65.5 cm³/mol. The Morgan fingerprint density at radius 1 is 1.69 bits per heavy atom. The van der Waals surface area contributed by atoms with Gasteiger partial charge in [0.1, 0.15) is 5.76 Å². The molecule has 0 bridgehead atoms. The van der Waals surface area contributed by atoms with Gasteiger partial charge in [0.05, 0.1) is 5.75 Å². The lowest BCUT2D eigenvalue weighted by molar-refractivity contribution is -0.113. The Labute approximate surface area is 99.1 Å². The van der Waals surface area contributed by atoms with E-state index < -0.39 is 0 Å². The number of nitrogens with two attached hydrogens (primary N) is 1. The van der Waals surface area contributed by atoms with Crippen LogP contribution in [0.1, 0.15) is 19.6 Å². The van der Waals surface area contributed by atoms with Crippen LogP contribution in [0.2, 0.25) is 0 Å². The Morgan fingerprint density at radius 3 is 2.88 bits per heavy atom. The van der Waals surface area contributed by atoms with Crippen molar-refractivity contribution in [2.75, 3.05) is 16.8 Å². The van der Waals surface area contributed by atoms with Crippen LogP contribution in [0.15, 0.2) is 10.6 Å². The smallest absolute Gasteiger partial charge is 0.235 e. The molecule has 0 unspecified atom stereocenters. The largest absolute Gasteiger partial charge is 0.360 e. The Balaban J connectivity index is 2.26. The number of hydrogen-bond acceptors (Lipinski definition) is 5. The molecule has 0 aliphatic heterocycles. The summed E-state index contributed by atoms with van der Waals surface area (Å²) in [6.45, 7) is 5.63. The summed E-state index contributed by atoms with van der Waals surface area (Å²) >= 11 is 1.50. The molecule has 0 saturated heterocycles. The van der Waals surface area contributed by atoms with Crippen molar-refractivity contribution in [2.45, 2.75) is 26.3 Å².